The topological polar surface area (TPSA) is 42.0 Å². The van der Waals surface area contributed by atoms with Gasteiger partial charge in [0.2, 0.25) is 5.91 Å². The Labute approximate surface area is 172 Å². The number of hydrogen-bond acceptors (Lipinski definition) is 4. The van der Waals surface area contributed by atoms with Crippen LogP contribution in [0.1, 0.15) is 25.0 Å². The summed E-state index contributed by atoms with van der Waals surface area (Å²) in [5, 5.41) is 0. The molecule has 4 rings (SSSR count). The lowest BCUT2D eigenvalue weighted by Gasteiger charge is -2.35. The van der Waals surface area contributed by atoms with Gasteiger partial charge in [-0.25, -0.2) is 0 Å². The molecule has 0 N–H and O–H groups in total. The molecule has 1 saturated heterocycles. The molecular weight excluding hydrogens is 364 g/mol. The minimum atomic E-state index is 0.0370. The molecule has 2 aliphatic rings. The number of ether oxygens (including phenoxy) is 2. The van der Waals surface area contributed by atoms with E-state index in [0.717, 1.165) is 49.7 Å². The average molecular weight is 392 g/mol. The highest BCUT2D eigenvalue weighted by Crippen LogP contribution is 2.35. The van der Waals surface area contributed by atoms with E-state index in [9.17, 15) is 4.79 Å². The number of benzene rings is 2. The molecule has 0 unspecified atom stereocenters. The first-order valence-corrected chi connectivity index (χ1v) is 10.4. The molecule has 152 valence electrons. The van der Waals surface area contributed by atoms with Gasteiger partial charge in [0.15, 0.2) is 0 Å². The average Bonchev–Trinajstić information content (AvgIpc) is 3.11. The summed E-state index contributed by atoms with van der Waals surface area (Å²) in [4.78, 5) is 16.9. The highest BCUT2D eigenvalue weighted by molar-refractivity contribution is 5.92. The molecule has 1 fully saturated rings. The Morgan fingerprint density at radius 3 is 2.66 bits per heavy atom. The number of carbonyl (C=O) groups excluding carboxylic acids is 1. The summed E-state index contributed by atoms with van der Waals surface area (Å²) >= 11 is 0. The molecule has 0 radical (unpaired) electrons. The van der Waals surface area contributed by atoms with Crippen molar-refractivity contribution in [1.29, 1.82) is 0 Å². The molecule has 0 saturated carbocycles. The number of carbonyl (C=O) groups is 1. The summed E-state index contributed by atoms with van der Waals surface area (Å²) in [5.74, 6) is 1.74. The molecule has 1 amide bonds. The van der Waals surface area contributed by atoms with Crippen LogP contribution in [0.2, 0.25) is 0 Å². The molecule has 29 heavy (non-hydrogen) atoms. The van der Waals surface area contributed by atoms with Crippen LogP contribution < -0.4 is 14.4 Å². The third-order valence-electron chi connectivity index (χ3n) is 5.45. The van der Waals surface area contributed by atoms with Crippen LogP contribution in [0.3, 0.4) is 0 Å². The van der Waals surface area contributed by atoms with Crippen molar-refractivity contribution in [3.05, 3.63) is 59.7 Å². The zero-order valence-electron chi connectivity index (χ0n) is 17.1. The Bertz CT molecular complexity index is 886. The number of rotatable bonds is 5. The van der Waals surface area contributed by atoms with E-state index in [2.05, 4.69) is 24.0 Å². The van der Waals surface area contributed by atoms with Crippen molar-refractivity contribution in [2.45, 2.75) is 26.4 Å². The summed E-state index contributed by atoms with van der Waals surface area (Å²) in [6.07, 6.45) is 4.58. The van der Waals surface area contributed by atoms with Gasteiger partial charge in [0.05, 0.1) is 6.61 Å². The number of anilines is 1. The van der Waals surface area contributed by atoms with Crippen LogP contribution in [0.5, 0.6) is 11.5 Å². The molecule has 2 aliphatic heterocycles. The van der Waals surface area contributed by atoms with Crippen LogP contribution in [0.25, 0.3) is 6.08 Å². The fraction of sp³-hybridized carbons (Fsp3) is 0.375. The smallest absolute Gasteiger partial charge is 0.246 e. The molecule has 5 nitrogen and oxygen atoms in total. The van der Waals surface area contributed by atoms with Gasteiger partial charge in [-0.2, -0.15) is 0 Å². The molecule has 1 atom stereocenters. The Morgan fingerprint density at radius 1 is 1.17 bits per heavy atom. The standard InChI is InChI=1S/C24H28N2O3/c1-3-28-22-17-20-15-18(2)29-23(20)16-19(22)9-10-24(27)26-13-11-25(12-14-26)21-7-5-4-6-8-21/h4-10,16-18H,3,11-15H2,1-2H3/b10-9+/t18-/m0/s1. The third kappa shape index (κ3) is 4.39. The third-order valence-corrected chi connectivity index (χ3v) is 5.45. The second-order valence-electron chi connectivity index (χ2n) is 7.54. The predicted octanol–water partition coefficient (Wildman–Crippen LogP) is 3.77. The Morgan fingerprint density at radius 2 is 1.93 bits per heavy atom. The Hall–Kier alpha value is -2.95. The summed E-state index contributed by atoms with van der Waals surface area (Å²) in [6, 6.07) is 14.4. The van der Waals surface area contributed by atoms with Crippen molar-refractivity contribution in [1.82, 2.24) is 4.90 Å². The minimum Gasteiger partial charge on any atom is -0.493 e. The van der Waals surface area contributed by atoms with E-state index in [1.165, 1.54) is 11.3 Å². The van der Waals surface area contributed by atoms with Gasteiger partial charge in [0, 0.05) is 55.5 Å². The van der Waals surface area contributed by atoms with E-state index < -0.39 is 0 Å². The number of hydrogen-bond donors (Lipinski definition) is 0. The van der Waals surface area contributed by atoms with Crippen LogP contribution in [-0.4, -0.2) is 49.7 Å². The van der Waals surface area contributed by atoms with Crippen LogP contribution in [0, 0.1) is 0 Å². The number of nitrogens with zero attached hydrogens (tertiary/aromatic N) is 2. The largest absolute Gasteiger partial charge is 0.493 e. The van der Waals surface area contributed by atoms with E-state index in [-0.39, 0.29) is 12.0 Å². The lowest BCUT2D eigenvalue weighted by Crippen LogP contribution is -2.48. The van der Waals surface area contributed by atoms with E-state index >= 15 is 0 Å². The molecular formula is C24H28N2O3. The highest BCUT2D eigenvalue weighted by atomic mass is 16.5. The van der Waals surface area contributed by atoms with E-state index in [0.29, 0.717) is 6.61 Å². The van der Waals surface area contributed by atoms with Crippen LogP contribution in [0.15, 0.2) is 48.5 Å². The lowest BCUT2D eigenvalue weighted by atomic mass is 10.1. The maximum Gasteiger partial charge on any atom is 0.246 e. The van der Waals surface area contributed by atoms with Gasteiger partial charge in [0.25, 0.3) is 0 Å². The minimum absolute atomic E-state index is 0.0370. The normalized spacial score (nSPS) is 18.6. The van der Waals surface area contributed by atoms with Crippen LogP contribution in [-0.2, 0) is 11.2 Å². The van der Waals surface area contributed by atoms with Gasteiger partial charge in [0.1, 0.15) is 17.6 Å². The molecule has 2 heterocycles. The molecule has 2 aromatic carbocycles. The lowest BCUT2D eigenvalue weighted by molar-refractivity contribution is -0.126. The molecule has 0 spiro atoms. The number of piperazine rings is 1. The second-order valence-corrected chi connectivity index (χ2v) is 7.54. The molecule has 0 aliphatic carbocycles. The fourth-order valence-electron chi connectivity index (χ4n) is 3.96. The van der Waals surface area contributed by atoms with Crippen molar-refractivity contribution in [2.24, 2.45) is 0 Å². The van der Waals surface area contributed by atoms with Crippen LogP contribution >= 0.6 is 0 Å². The van der Waals surface area contributed by atoms with E-state index in [4.69, 9.17) is 9.47 Å². The number of fused-ring (bicyclic) bond motifs is 1. The predicted molar refractivity (Wildman–Crippen MR) is 116 cm³/mol. The summed E-state index contributed by atoms with van der Waals surface area (Å²) in [5.41, 5.74) is 3.27. The van der Waals surface area contributed by atoms with Crippen molar-refractivity contribution in [3.8, 4) is 11.5 Å². The van der Waals surface area contributed by atoms with Crippen LogP contribution in [0.4, 0.5) is 5.69 Å². The van der Waals surface area contributed by atoms with E-state index in [1.54, 1.807) is 6.08 Å². The molecule has 5 heteroatoms. The number of amides is 1. The molecule has 0 aromatic heterocycles. The summed E-state index contributed by atoms with van der Waals surface area (Å²) < 4.78 is 11.7. The molecule has 2 aromatic rings. The zero-order valence-corrected chi connectivity index (χ0v) is 17.1. The van der Waals surface area contributed by atoms with Gasteiger partial charge < -0.3 is 19.3 Å². The van der Waals surface area contributed by atoms with Gasteiger partial charge in [-0.1, -0.05) is 18.2 Å². The maximum absolute atomic E-state index is 12.7. The quantitative estimate of drug-likeness (QED) is 0.727. The van der Waals surface area contributed by atoms with Gasteiger partial charge >= 0.3 is 0 Å². The van der Waals surface area contributed by atoms with E-state index in [1.807, 2.05) is 48.2 Å². The van der Waals surface area contributed by atoms with Gasteiger partial charge in [-0.3, -0.25) is 4.79 Å². The van der Waals surface area contributed by atoms with Crippen molar-refractivity contribution in [3.63, 3.8) is 0 Å². The van der Waals surface area contributed by atoms with Gasteiger partial charge in [-0.15, -0.1) is 0 Å². The monoisotopic (exact) mass is 392 g/mol. The van der Waals surface area contributed by atoms with Crippen molar-refractivity contribution in [2.75, 3.05) is 37.7 Å². The summed E-state index contributed by atoms with van der Waals surface area (Å²) in [6.45, 7) is 7.76. The van der Waals surface area contributed by atoms with Gasteiger partial charge in [-0.05, 0) is 44.2 Å². The van der Waals surface area contributed by atoms with Crippen molar-refractivity contribution < 1.29 is 14.3 Å². The highest BCUT2D eigenvalue weighted by Gasteiger charge is 2.22. The Balaban J connectivity index is 1.42. The first kappa shape index (κ1) is 19.4. The first-order chi connectivity index (χ1) is 14.1. The maximum atomic E-state index is 12.7. The summed E-state index contributed by atoms with van der Waals surface area (Å²) in [7, 11) is 0. The molecule has 0 bridgehead atoms. The first-order valence-electron chi connectivity index (χ1n) is 10.4. The van der Waals surface area contributed by atoms with Crippen molar-refractivity contribution >= 4 is 17.7 Å². The Kier molecular flexibility index (Phi) is 5.74. The zero-order chi connectivity index (χ0) is 20.2. The number of para-hydroxylation sites is 1. The SMILES string of the molecule is CCOc1cc2c(cc1/C=C/C(=O)N1CCN(c3ccccc3)CC1)O[C@@H](C)C2. The fourth-order valence-corrected chi connectivity index (χ4v) is 3.96. The second kappa shape index (κ2) is 8.60.